The van der Waals surface area contributed by atoms with E-state index in [0.717, 1.165) is 19.6 Å². The number of hydrogen-bond donors (Lipinski definition) is 1. The lowest BCUT2D eigenvalue weighted by atomic mass is 10.3. The summed E-state index contributed by atoms with van der Waals surface area (Å²) in [6.07, 6.45) is 8.36. The summed E-state index contributed by atoms with van der Waals surface area (Å²) >= 11 is 0. The van der Waals surface area contributed by atoms with Crippen molar-refractivity contribution in [1.29, 1.82) is 0 Å². The Hall–Kier alpha value is -0.870. The van der Waals surface area contributed by atoms with Crippen LogP contribution in [0.2, 0.25) is 0 Å². The third-order valence-electron chi connectivity index (χ3n) is 2.41. The monoisotopic (exact) mass is 211 g/mol. The fourth-order valence-corrected chi connectivity index (χ4v) is 1.35. The van der Waals surface area contributed by atoms with E-state index in [2.05, 4.69) is 21.8 Å². The van der Waals surface area contributed by atoms with E-state index in [1.165, 1.54) is 12.8 Å². The molecule has 4 heteroatoms. The summed E-state index contributed by atoms with van der Waals surface area (Å²) in [6, 6.07) is 0. The number of hydrogen-bond acceptors (Lipinski definition) is 3. The first-order valence-electron chi connectivity index (χ1n) is 5.52. The molecule has 0 aliphatic carbocycles. The number of nitrogens with zero attached hydrogens (tertiary/aromatic N) is 2. The number of ether oxygens (including phenoxy) is 1. The fourth-order valence-electron chi connectivity index (χ4n) is 1.35. The lowest BCUT2D eigenvalue weighted by molar-refractivity contribution is 0.117. The summed E-state index contributed by atoms with van der Waals surface area (Å²) in [4.78, 5) is 4.00. The molecule has 0 saturated carbocycles. The van der Waals surface area contributed by atoms with E-state index in [1.54, 1.807) is 7.11 Å². The van der Waals surface area contributed by atoms with E-state index < -0.39 is 0 Å². The fraction of sp³-hybridized carbons (Fsp3) is 0.727. The highest BCUT2D eigenvalue weighted by atomic mass is 16.5. The first-order chi connectivity index (χ1) is 7.33. The number of nitrogens with one attached hydrogen (secondary N) is 1. The van der Waals surface area contributed by atoms with Crippen molar-refractivity contribution in [3.63, 3.8) is 0 Å². The summed E-state index contributed by atoms with van der Waals surface area (Å²) in [5.74, 6) is 0. The van der Waals surface area contributed by atoms with Crippen LogP contribution in [0.1, 0.15) is 19.8 Å². The molecular formula is C11H21N3O. The Balaban J connectivity index is 1.89. The number of rotatable bonds is 8. The molecule has 4 nitrogen and oxygen atoms in total. The summed E-state index contributed by atoms with van der Waals surface area (Å²) < 4.78 is 7.25. The van der Waals surface area contributed by atoms with Crippen molar-refractivity contribution >= 4 is 0 Å². The Morgan fingerprint density at radius 1 is 1.47 bits per heavy atom. The minimum atomic E-state index is 0.304. The average Bonchev–Trinajstić information content (AvgIpc) is 2.75. The van der Waals surface area contributed by atoms with Gasteiger partial charge in [0.15, 0.2) is 0 Å². The average molecular weight is 211 g/mol. The van der Waals surface area contributed by atoms with Crippen molar-refractivity contribution in [2.45, 2.75) is 32.4 Å². The third-order valence-corrected chi connectivity index (χ3v) is 2.41. The Labute approximate surface area is 91.7 Å². The van der Waals surface area contributed by atoms with Crippen LogP contribution in [0.25, 0.3) is 0 Å². The van der Waals surface area contributed by atoms with Crippen molar-refractivity contribution < 1.29 is 4.74 Å². The van der Waals surface area contributed by atoms with E-state index in [1.807, 2.05) is 18.7 Å². The molecule has 0 aliphatic rings. The zero-order chi connectivity index (χ0) is 10.9. The number of aryl methyl sites for hydroxylation is 1. The van der Waals surface area contributed by atoms with Gasteiger partial charge in [-0.15, -0.1) is 0 Å². The highest BCUT2D eigenvalue weighted by molar-refractivity contribution is 4.73. The van der Waals surface area contributed by atoms with E-state index in [4.69, 9.17) is 4.74 Å². The SMILES string of the molecule is COC(C)CNCCCCn1ccnc1. The standard InChI is InChI=1S/C11H21N3O/c1-11(15-2)9-12-5-3-4-7-14-8-6-13-10-14/h6,8,10-12H,3-5,7,9H2,1-2H3. The number of methoxy groups -OCH3 is 1. The molecule has 86 valence electrons. The molecule has 1 N–H and O–H groups in total. The molecule has 0 amide bonds. The zero-order valence-electron chi connectivity index (χ0n) is 9.65. The molecule has 1 aromatic rings. The Bertz CT molecular complexity index is 236. The van der Waals surface area contributed by atoms with Gasteiger partial charge in [-0.3, -0.25) is 0 Å². The first-order valence-corrected chi connectivity index (χ1v) is 5.52. The van der Waals surface area contributed by atoms with E-state index in [9.17, 15) is 0 Å². The number of aromatic nitrogens is 2. The lowest BCUT2D eigenvalue weighted by Crippen LogP contribution is -2.26. The minimum absolute atomic E-state index is 0.304. The maximum atomic E-state index is 5.14. The van der Waals surface area contributed by atoms with Gasteiger partial charge in [-0.1, -0.05) is 0 Å². The van der Waals surface area contributed by atoms with Gasteiger partial charge in [0, 0.05) is 32.6 Å². The predicted molar refractivity (Wildman–Crippen MR) is 60.8 cm³/mol. The van der Waals surface area contributed by atoms with Crippen LogP contribution >= 0.6 is 0 Å². The summed E-state index contributed by atoms with van der Waals surface area (Å²) in [5, 5.41) is 3.37. The van der Waals surface area contributed by atoms with Crippen LogP contribution in [0.4, 0.5) is 0 Å². The van der Waals surface area contributed by atoms with Crippen LogP contribution in [0.15, 0.2) is 18.7 Å². The van der Waals surface area contributed by atoms with Gasteiger partial charge in [0.2, 0.25) is 0 Å². The van der Waals surface area contributed by atoms with Gasteiger partial charge < -0.3 is 14.6 Å². The topological polar surface area (TPSA) is 39.1 Å². The second-order valence-corrected chi connectivity index (χ2v) is 3.76. The third kappa shape index (κ3) is 5.54. The number of imidazole rings is 1. The highest BCUT2D eigenvalue weighted by Crippen LogP contribution is 1.94. The molecule has 0 saturated heterocycles. The van der Waals surface area contributed by atoms with Crippen molar-refractivity contribution in [1.82, 2.24) is 14.9 Å². The summed E-state index contributed by atoms with van der Waals surface area (Å²) in [7, 11) is 1.74. The Morgan fingerprint density at radius 3 is 3.00 bits per heavy atom. The van der Waals surface area contributed by atoms with Crippen molar-refractivity contribution in [3.8, 4) is 0 Å². The molecule has 1 aromatic heterocycles. The quantitative estimate of drug-likeness (QED) is 0.659. The van der Waals surface area contributed by atoms with Crippen LogP contribution in [-0.2, 0) is 11.3 Å². The Morgan fingerprint density at radius 2 is 2.33 bits per heavy atom. The smallest absolute Gasteiger partial charge is 0.0945 e. The summed E-state index contributed by atoms with van der Waals surface area (Å²) in [5.41, 5.74) is 0. The molecule has 1 rings (SSSR count). The summed E-state index contributed by atoms with van der Waals surface area (Å²) in [6.45, 7) is 5.12. The second kappa shape index (κ2) is 7.43. The molecule has 1 unspecified atom stereocenters. The van der Waals surface area contributed by atoms with Gasteiger partial charge in [-0.2, -0.15) is 0 Å². The van der Waals surface area contributed by atoms with E-state index in [0.29, 0.717) is 6.10 Å². The molecular weight excluding hydrogens is 190 g/mol. The minimum Gasteiger partial charge on any atom is -0.380 e. The first kappa shape index (κ1) is 12.2. The second-order valence-electron chi connectivity index (χ2n) is 3.76. The molecule has 0 aromatic carbocycles. The van der Waals surface area contributed by atoms with Gasteiger partial charge in [0.1, 0.15) is 0 Å². The molecule has 15 heavy (non-hydrogen) atoms. The molecule has 1 heterocycles. The molecule has 0 radical (unpaired) electrons. The van der Waals surface area contributed by atoms with Crippen molar-refractivity contribution in [3.05, 3.63) is 18.7 Å². The van der Waals surface area contributed by atoms with Crippen LogP contribution < -0.4 is 5.32 Å². The van der Waals surface area contributed by atoms with Gasteiger partial charge in [-0.25, -0.2) is 4.98 Å². The van der Waals surface area contributed by atoms with Crippen molar-refractivity contribution in [2.24, 2.45) is 0 Å². The Kier molecular flexibility index (Phi) is 6.04. The molecule has 0 spiro atoms. The van der Waals surface area contributed by atoms with Gasteiger partial charge >= 0.3 is 0 Å². The predicted octanol–water partition coefficient (Wildman–Crippen LogP) is 1.29. The van der Waals surface area contributed by atoms with Gasteiger partial charge in [0.05, 0.1) is 12.4 Å². The number of unbranched alkanes of at least 4 members (excludes halogenated alkanes) is 1. The zero-order valence-corrected chi connectivity index (χ0v) is 9.65. The van der Waals surface area contributed by atoms with E-state index in [-0.39, 0.29) is 0 Å². The molecule has 0 bridgehead atoms. The van der Waals surface area contributed by atoms with Crippen LogP contribution in [0, 0.1) is 0 Å². The lowest BCUT2D eigenvalue weighted by Gasteiger charge is -2.10. The van der Waals surface area contributed by atoms with Crippen molar-refractivity contribution in [2.75, 3.05) is 20.2 Å². The molecule has 0 aliphatic heterocycles. The van der Waals surface area contributed by atoms with Crippen LogP contribution in [0.5, 0.6) is 0 Å². The normalized spacial score (nSPS) is 12.9. The molecule has 0 fully saturated rings. The molecule has 1 atom stereocenters. The largest absolute Gasteiger partial charge is 0.380 e. The maximum Gasteiger partial charge on any atom is 0.0945 e. The van der Waals surface area contributed by atoms with Crippen LogP contribution in [-0.4, -0.2) is 35.9 Å². The van der Waals surface area contributed by atoms with Crippen LogP contribution in [0.3, 0.4) is 0 Å². The van der Waals surface area contributed by atoms with Gasteiger partial charge in [0.25, 0.3) is 0 Å². The maximum absolute atomic E-state index is 5.14. The van der Waals surface area contributed by atoms with Gasteiger partial charge in [-0.05, 0) is 26.3 Å². The highest BCUT2D eigenvalue weighted by Gasteiger charge is 1.97. The van der Waals surface area contributed by atoms with E-state index >= 15 is 0 Å².